The number of anilines is 1. The molecule has 1 aromatic heterocycles. The van der Waals surface area contributed by atoms with Crippen LogP contribution in [0, 0.1) is 0 Å². The highest BCUT2D eigenvalue weighted by molar-refractivity contribution is 8.00. The van der Waals surface area contributed by atoms with E-state index in [1.54, 1.807) is 11.8 Å². The normalized spacial score (nSPS) is 22.5. The molecule has 158 valence electrons. The molecule has 0 spiro atoms. The van der Waals surface area contributed by atoms with Crippen molar-refractivity contribution >= 4 is 34.9 Å². The Hall–Kier alpha value is -2.61. The fourth-order valence-corrected chi connectivity index (χ4v) is 5.15. The first kappa shape index (κ1) is 20.7. The lowest BCUT2D eigenvalue weighted by Gasteiger charge is -2.32. The van der Waals surface area contributed by atoms with Crippen LogP contribution in [0.5, 0.6) is 5.88 Å². The summed E-state index contributed by atoms with van der Waals surface area (Å²) in [5.41, 5.74) is 8.93. The largest absolute Gasteiger partial charge is 0.481 e. The van der Waals surface area contributed by atoms with Gasteiger partial charge in [-0.05, 0) is 51.0 Å². The van der Waals surface area contributed by atoms with Crippen LogP contribution in [0.4, 0.5) is 11.5 Å². The zero-order chi connectivity index (χ0) is 21.3. The standard InChI is InChI=1S/C22H26N4O3S/c1-22(2)19(26-18-20(23)24-12-25-21(18)29-22)15-5-3-13(4-6-15)14-7-9-16(10-8-14)30-11-17(27)28/h3-6,12,14,16H,7-11H2,1-2H3,(H,27,28)(H2,23,24,25). The van der Waals surface area contributed by atoms with E-state index < -0.39 is 11.6 Å². The van der Waals surface area contributed by atoms with Gasteiger partial charge in [-0.2, -0.15) is 4.98 Å². The van der Waals surface area contributed by atoms with Gasteiger partial charge < -0.3 is 15.6 Å². The van der Waals surface area contributed by atoms with Crippen LogP contribution in [0.25, 0.3) is 0 Å². The second kappa shape index (κ2) is 8.26. The van der Waals surface area contributed by atoms with Crippen molar-refractivity contribution < 1.29 is 14.6 Å². The van der Waals surface area contributed by atoms with E-state index in [0.717, 1.165) is 37.0 Å². The van der Waals surface area contributed by atoms with E-state index in [-0.39, 0.29) is 5.75 Å². The molecule has 0 saturated heterocycles. The van der Waals surface area contributed by atoms with Gasteiger partial charge in [-0.1, -0.05) is 24.3 Å². The molecule has 2 heterocycles. The van der Waals surface area contributed by atoms with Gasteiger partial charge in [-0.25, -0.2) is 9.98 Å². The number of aliphatic carboxylic acids is 1. The third-order valence-corrected chi connectivity index (χ3v) is 7.09. The molecule has 1 aliphatic carbocycles. The maximum absolute atomic E-state index is 10.8. The van der Waals surface area contributed by atoms with Crippen molar-refractivity contribution in [3.8, 4) is 5.88 Å². The number of nitrogen functional groups attached to an aromatic ring is 1. The van der Waals surface area contributed by atoms with Crippen LogP contribution in [0.2, 0.25) is 0 Å². The quantitative estimate of drug-likeness (QED) is 0.737. The molecular weight excluding hydrogens is 400 g/mol. The number of nitrogens with two attached hydrogens (primary N) is 1. The zero-order valence-electron chi connectivity index (χ0n) is 17.2. The predicted molar refractivity (Wildman–Crippen MR) is 119 cm³/mol. The zero-order valence-corrected chi connectivity index (χ0v) is 18.0. The Kier molecular flexibility index (Phi) is 5.69. The number of ether oxygens (including phenoxy) is 1. The molecule has 8 heteroatoms. The summed E-state index contributed by atoms with van der Waals surface area (Å²) in [5.74, 6) is 0.699. The first-order valence-corrected chi connectivity index (χ1v) is 11.2. The molecule has 0 radical (unpaired) electrons. The number of aliphatic imine (C=N–C) groups is 1. The van der Waals surface area contributed by atoms with E-state index in [4.69, 9.17) is 20.6 Å². The molecule has 7 nitrogen and oxygen atoms in total. The summed E-state index contributed by atoms with van der Waals surface area (Å²) < 4.78 is 6.06. The molecule has 4 rings (SSSR count). The number of carboxylic acid groups (broad SMARTS) is 1. The summed E-state index contributed by atoms with van der Waals surface area (Å²) in [6.45, 7) is 3.94. The van der Waals surface area contributed by atoms with Crippen LogP contribution >= 0.6 is 11.8 Å². The van der Waals surface area contributed by atoms with Gasteiger partial charge in [0.05, 0.1) is 11.5 Å². The van der Waals surface area contributed by atoms with Gasteiger partial charge in [-0.15, -0.1) is 11.8 Å². The predicted octanol–water partition coefficient (Wildman–Crippen LogP) is 4.19. The molecule has 0 unspecified atom stereocenters. The highest BCUT2D eigenvalue weighted by atomic mass is 32.2. The van der Waals surface area contributed by atoms with Gasteiger partial charge in [0.15, 0.2) is 11.5 Å². The Labute approximate surface area is 180 Å². The van der Waals surface area contributed by atoms with Crippen LogP contribution in [-0.4, -0.2) is 43.4 Å². The SMILES string of the molecule is CC1(C)Oc2ncnc(N)c2N=C1c1ccc(C2CCC(SCC(=O)O)CC2)cc1. The molecule has 1 aliphatic heterocycles. The minimum Gasteiger partial charge on any atom is -0.481 e. The molecular formula is C22H26N4O3S. The maximum Gasteiger partial charge on any atom is 0.313 e. The lowest BCUT2D eigenvalue weighted by Crippen LogP contribution is -2.41. The molecule has 1 fully saturated rings. The number of rotatable bonds is 5. The topological polar surface area (TPSA) is 111 Å². The first-order valence-electron chi connectivity index (χ1n) is 10.2. The van der Waals surface area contributed by atoms with Gasteiger partial charge in [0, 0.05) is 10.8 Å². The fraction of sp³-hybridized carbons (Fsp3) is 0.455. The highest BCUT2D eigenvalue weighted by Gasteiger charge is 2.35. The number of nitrogens with zero attached hydrogens (tertiary/aromatic N) is 3. The second-order valence-corrected chi connectivity index (χ2v) is 9.57. The average Bonchev–Trinajstić information content (AvgIpc) is 2.72. The molecule has 0 amide bonds. The number of thioether (sulfide) groups is 1. The van der Waals surface area contributed by atoms with Crippen molar-refractivity contribution in [3.05, 3.63) is 41.7 Å². The number of carbonyl (C=O) groups is 1. The lowest BCUT2D eigenvalue weighted by atomic mass is 9.83. The van der Waals surface area contributed by atoms with Crippen molar-refractivity contribution in [2.75, 3.05) is 11.5 Å². The molecule has 1 saturated carbocycles. The first-order chi connectivity index (χ1) is 14.3. The Morgan fingerprint density at radius 3 is 2.57 bits per heavy atom. The summed E-state index contributed by atoms with van der Waals surface area (Å²) in [6, 6.07) is 8.53. The smallest absolute Gasteiger partial charge is 0.313 e. The van der Waals surface area contributed by atoms with Crippen LogP contribution in [0.3, 0.4) is 0 Å². The Morgan fingerprint density at radius 1 is 1.20 bits per heavy atom. The van der Waals surface area contributed by atoms with E-state index >= 15 is 0 Å². The van der Waals surface area contributed by atoms with Crippen LogP contribution in [-0.2, 0) is 4.79 Å². The molecule has 0 bridgehead atoms. The van der Waals surface area contributed by atoms with Crippen molar-refractivity contribution in [3.63, 3.8) is 0 Å². The van der Waals surface area contributed by atoms with Crippen LogP contribution < -0.4 is 10.5 Å². The Balaban J connectivity index is 1.49. The van der Waals surface area contributed by atoms with E-state index in [1.165, 1.54) is 11.9 Å². The number of carboxylic acids is 1. The second-order valence-electron chi connectivity index (χ2n) is 8.29. The van der Waals surface area contributed by atoms with Gasteiger partial charge in [-0.3, -0.25) is 4.79 Å². The number of hydrogen-bond acceptors (Lipinski definition) is 7. The fourth-order valence-electron chi connectivity index (χ4n) is 4.17. The number of benzene rings is 1. The minimum atomic E-state index is -0.730. The van der Waals surface area contributed by atoms with E-state index in [9.17, 15) is 4.79 Å². The Morgan fingerprint density at radius 2 is 1.90 bits per heavy atom. The average molecular weight is 427 g/mol. The summed E-state index contributed by atoms with van der Waals surface area (Å²) in [6.07, 6.45) is 5.69. The summed E-state index contributed by atoms with van der Waals surface area (Å²) in [5, 5.41) is 9.32. The highest BCUT2D eigenvalue weighted by Crippen LogP contribution is 2.40. The van der Waals surface area contributed by atoms with Crippen molar-refractivity contribution in [1.29, 1.82) is 0 Å². The third kappa shape index (κ3) is 4.28. The van der Waals surface area contributed by atoms with Gasteiger partial charge in [0.2, 0.25) is 5.88 Å². The molecule has 30 heavy (non-hydrogen) atoms. The van der Waals surface area contributed by atoms with Crippen LogP contribution in [0.15, 0.2) is 35.6 Å². The number of hydrogen-bond donors (Lipinski definition) is 2. The van der Waals surface area contributed by atoms with Gasteiger partial charge >= 0.3 is 5.97 Å². The molecule has 2 aliphatic rings. The molecule has 2 aromatic rings. The van der Waals surface area contributed by atoms with Crippen molar-refractivity contribution in [2.24, 2.45) is 4.99 Å². The van der Waals surface area contributed by atoms with Crippen molar-refractivity contribution in [1.82, 2.24) is 9.97 Å². The minimum absolute atomic E-state index is 0.197. The van der Waals surface area contributed by atoms with E-state index in [0.29, 0.717) is 28.6 Å². The summed E-state index contributed by atoms with van der Waals surface area (Å²) in [4.78, 5) is 23.7. The molecule has 0 atom stereocenters. The summed E-state index contributed by atoms with van der Waals surface area (Å²) in [7, 11) is 0. The third-order valence-electron chi connectivity index (χ3n) is 5.73. The summed E-state index contributed by atoms with van der Waals surface area (Å²) >= 11 is 1.57. The van der Waals surface area contributed by atoms with Crippen LogP contribution in [0.1, 0.15) is 56.6 Å². The van der Waals surface area contributed by atoms with E-state index in [1.807, 2.05) is 13.8 Å². The monoisotopic (exact) mass is 426 g/mol. The van der Waals surface area contributed by atoms with Crippen molar-refractivity contribution in [2.45, 2.75) is 56.3 Å². The number of fused-ring (bicyclic) bond motifs is 1. The van der Waals surface area contributed by atoms with E-state index in [2.05, 4.69) is 34.2 Å². The molecule has 3 N–H and O–H groups in total. The van der Waals surface area contributed by atoms with Gasteiger partial charge in [0.1, 0.15) is 11.9 Å². The maximum atomic E-state index is 10.8. The lowest BCUT2D eigenvalue weighted by molar-refractivity contribution is -0.133. The molecule has 1 aromatic carbocycles. The van der Waals surface area contributed by atoms with Gasteiger partial charge in [0.25, 0.3) is 0 Å². The Bertz CT molecular complexity index is 967. The number of aromatic nitrogens is 2.